The van der Waals surface area contributed by atoms with E-state index in [2.05, 4.69) is 108 Å². The van der Waals surface area contributed by atoms with Crippen LogP contribution in [-0.4, -0.2) is 33.9 Å². The first-order chi connectivity index (χ1) is 20.5. The molecule has 1 aliphatic carbocycles. The highest BCUT2D eigenvalue weighted by molar-refractivity contribution is 7.80. The van der Waals surface area contributed by atoms with Gasteiger partial charge in [0, 0.05) is 47.7 Å². The summed E-state index contributed by atoms with van der Waals surface area (Å²) < 4.78 is 8.62. The van der Waals surface area contributed by atoms with Gasteiger partial charge in [-0.3, -0.25) is 4.98 Å². The van der Waals surface area contributed by atoms with Gasteiger partial charge in [0.05, 0.1) is 23.9 Å². The molecule has 0 amide bonds. The number of anilines is 2. The Balaban J connectivity index is 1.38. The quantitative estimate of drug-likeness (QED) is 0.204. The minimum absolute atomic E-state index is 0.0658. The topological polar surface area (TPSA) is 45.6 Å². The van der Waals surface area contributed by atoms with Crippen molar-refractivity contribution in [3.8, 4) is 11.4 Å². The molecule has 1 saturated heterocycles. The maximum Gasteiger partial charge on any atom is 0.174 e. The third-order valence-corrected chi connectivity index (χ3v) is 9.16. The average molecular weight is 580 g/mol. The smallest absolute Gasteiger partial charge is 0.174 e. The van der Waals surface area contributed by atoms with Crippen molar-refractivity contribution in [1.29, 1.82) is 0 Å². The molecule has 7 heteroatoms. The zero-order valence-corrected chi connectivity index (χ0v) is 25.9. The third-order valence-electron chi connectivity index (χ3n) is 8.84. The van der Waals surface area contributed by atoms with E-state index >= 15 is 0 Å². The number of ether oxygens (including phenoxy) is 1. The maximum absolute atomic E-state index is 6.26. The van der Waals surface area contributed by atoms with Gasteiger partial charge < -0.3 is 24.4 Å². The molecule has 42 heavy (non-hydrogen) atoms. The molecular formula is C35H41N5OS. The van der Waals surface area contributed by atoms with E-state index in [0.717, 1.165) is 48.7 Å². The van der Waals surface area contributed by atoms with Gasteiger partial charge in [0.25, 0.3) is 0 Å². The van der Waals surface area contributed by atoms with Crippen LogP contribution in [0.1, 0.15) is 74.3 Å². The molecule has 0 bridgehead atoms. The van der Waals surface area contributed by atoms with Crippen LogP contribution in [0.2, 0.25) is 0 Å². The van der Waals surface area contributed by atoms with Crippen LogP contribution in [0.5, 0.6) is 5.75 Å². The zero-order valence-electron chi connectivity index (χ0n) is 25.1. The van der Waals surface area contributed by atoms with Crippen LogP contribution in [-0.2, 0) is 0 Å². The molecule has 4 aromatic rings. The Bertz CT molecular complexity index is 1510. The fraction of sp³-hybridized carbons (Fsp3) is 0.371. The van der Waals surface area contributed by atoms with Crippen molar-refractivity contribution in [3.05, 3.63) is 102 Å². The molecular weight excluding hydrogens is 538 g/mol. The molecule has 6 nitrogen and oxygen atoms in total. The molecule has 2 aliphatic rings. The Labute approximate surface area is 255 Å². The van der Waals surface area contributed by atoms with Gasteiger partial charge in [-0.15, -0.1) is 0 Å². The lowest BCUT2D eigenvalue weighted by atomic mass is 9.96. The monoisotopic (exact) mass is 579 g/mol. The fourth-order valence-corrected chi connectivity index (χ4v) is 7.06. The predicted molar refractivity (Wildman–Crippen MR) is 176 cm³/mol. The Morgan fingerprint density at radius 2 is 1.62 bits per heavy atom. The highest BCUT2D eigenvalue weighted by Gasteiger charge is 2.42. The second-order valence-electron chi connectivity index (χ2n) is 11.4. The Hall–Kier alpha value is -3.84. The number of benzene rings is 2. The summed E-state index contributed by atoms with van der Waals surface area (Å²) in [5.41, 5.74) is 8.05. The molecule has 2 aromatic heterocycles. The Morgan fingerprint density at radius 3 is 2.26 bits per heavy atom. The van der Waals surface area contributed by atoms with Crippen molar-refractivity contribution in [3.63, 3.8) is 0 Å². The molecule has 1 N–H and O–H groups in total. The summed E-state index contributed by atoms with van der Waals surface area (Å²) in [6, 6.07) is 25.6. The van der Waals surface area contributed by atoms with Crippen LogP contribution >= 0.6 is 12.2 Å². The molecule has 0 spiro atoms. The van der Waals surface area contributed by atoms with Gasteiger partial charge in [0.2, 0.25) is 0 Å². The van der Waals surface area contributed by atoms with E-state index in [9.17, 15) is 0 Å². The number of hydrogen-bond acceptors (Lipinski definition) is 4. The summed E-state index contributed by atoms with van der Waals surface area (Å²) in [7, 11) is 0. The van der Waals surface area contributed by atoms with E-state index < -0.39 is 0 Å². The number of nitrogens with zero attached hydrogens (tertiary/aromatic N) is 4. The van der Waals surface area contributed by atoms with Gasteiger partial charge in [0.15, 0.2) is 5.11 Å². The van der Waals surface area contributed by atoms with Crippen LogP contribution in [0.4, 0.5) is 11.4 Å². The van der Waals surface area contributed by atoms with Crippen molar-refractivity contribution in [1.82, 2.24) is 14.9 Å². The molecule has 6 rings (SSSR count). The molecule has 1 aliphatic heterocycles. The highest BCUT2D eigenvalue weighted by Crippen LogP contribution is 2.44. The molecule has 0 radical (unpaired) electrons. The van der Waals surface area contributed by atoms with Gasteiger partial charge in [-0.25, -0.2) is 0 Å². The van der Waals surface area contributed by atoms with E-state index in [0.29, 0.717) is 11.2 Å². The SMILES string of the molecule is CCN(CC)c1ccc(-n2c(C)cc([C@@H]3[C@H](c4ccccn4)NC(=S)N3c3ccc(OC4CCCC4)cc3)c2C)cc1. The van der Waals surface area contributed by atoms with Gasteiger partial charge >= 0.3 is 0 Å². The summed E-state index contributed by atoms with van der Waals surface area (Å²) in [6.07, 6.45) is 6.98. The maximum atomic E-state index is 6.26. The lowest BCUT2D eigenvalue weighted by Gasteiger charge is -2.28. The number of aryl methyl sites for hydroxylation is 1. The van der Waals surface area contributed by atoms with E-state index in [-0.39, 0.29) is 12.1 Å². The number of thiocarbonyl (C=S) groups is 1. The van der Waals surface area contributed by atoms with E-state index in [1.54, 1.807) is 0 Å². The second kappa shape index (κ2) is 12.2. The first-order valence-corrected chi connectivity index (χ1v) is 15.7. The lowest BCUT2D eigenvalue weighted by molar-refractivity contribution is 0.210. The van der Waals surface area contributed by atoms with Crippen molar-refractivity contribution in [2.24, 2.45) is 0 Å². The summed E-state index contributed by atoms with van der Waals surface area (Å²) in [5, 5.41) is 4.32. The summed E-state index contributed by atoms with van der Waals surface area (Å²) in [4.78, 5) is 9.37. The number of rotatable bonds is 9. The van der Waals surface area contributed by atoms with Gasteiger partial charge in [-0.2, -0.15) is 0 Å². The summed E-state index contributed by atoms with van der Waals surface area (Å²) >= 11 is 6.01. The molecule has 1 saturated carbocycles. The standard InChI is InChI=1S/C35H41N5OS/c1-5-38(6-2)26-14-16-27(17-15-26)39-24(3)23-31(25(39)4)34-33(32-13-9-10-22-36-32)37-35(42)40(34)28-18-20-30(21-19-28)41-29-11-7-8-12-29/h9-10,13-23,29,33-34H,5-8,11-12H2,1-4H3,(H,37,42)/t33-,34+/m0/s1. The summed E-state index contributed by atoms with van der Waals surface area (Å²) in [6.45, 7) is 10.8. The minimum atomic E-state index is -0.0906. The molecule has 2 fully saturated rings. The first kappa shape index (κ1) is 28.3. The highest BCUT2D eigenvalue weighted by atomic mass is 32.1. The largest absolute Gasteiger partial charge is 0.490 e. The number of aromatic nitrogens is 2. The lowest BCUT2D eigenvalue weighted by Crippen LogP contribution is -2.29. The molecule has 2 atom stereocenters. The van der Waals surface area contributed by atoms with Crippen molar-refractivity contribution < 1.29 is 4.74 Å². The molecule has 218 valence electrons. The minimum Gasteiger partial charge on any atom is -0.490 e. The molecule has 0 unspecified atom stereocenters. The van der Waals surface area contributed by atoms with Crippen LogP contribution in [0.3, 0.4) is 0 Å². The molecule has 3 heterocycles. The van der Waals surface area contributed by atoms with Crippen LogP contribution in [0.15, 0.2) is 79.0 Å². The van der Waals surface area contributed by atoms with E-state index in [1.165, 1.54) is 35.5 Å². The van der Waals surface area contributed by atoms with Crippen molar-refractivity contribution >= 4 is 28.7 Å². The normalized spacial score (nSPS) is 18.9. The number of pyridine rings is 1. The van der Waals surface area contributed by atoms with Gasteiger partial charge in [0.1, 0.15) is 5.75 Å². The fourth-order valence-electron chi connectivity index (χ4n) is 6.72. The number of hydrogen-bond donors (Lipinski definition) is 1. The summed E-state index contributed by atoms with van der Waals surface area (Å²) in [5.74, 6) is 0.924. The molecule has 2 aromatic carbocycles. The van der Waals surface area contributed by atoms with Gasteiger partial charge in [-0.05, 0) is 138 Å². The van der Waals surface area contributed by atoms with Crippen LogP contribution in [0, 0.1) is 13.8 Å². The number of nitrogens with one attached hydrogen (secondary N) is 1. The van der Waals surface area contributed by atoms with Crippen molar-refractivity contribution in [2.45, 2.75) is 71.6 Å². The van der Waals surface area contributed by atoms with Crippen LogP contribution < -0.4 is 19.9 Å². The second-order valence-corrected chi connectivity index (χ2v) is 11.8. The van der Waals surface area contributed by atoms with Crippen molar-refractivity contribution in [2.75, 3.05) is 22.9 Å². The average Bonchev–Trinajstić information content (AvgIpc) is 3.72. The Morgan fingerprint density at radius 1 is 0.929 bits per heavy atom. The van der Waals surface area contributed by atoms with E-state index in [4.69, 9.17) is 21.9 Å². The van der Waals surface area contributed by atoms with Gasteiger partial charge in [-0.1, -0.05) is 6.07 Å². The first-order valence-electron chi connectivity index (χ1n) is 15.3. The zero-order chi connectivity index (χ0) is 29.2. The van der Waals surface area contributed by atoms with Crippen LogP contribution in [0.25, 0.3) is 5.69 Å². The third kappa shape index (κ3) is 5.38. The Kier molecular flexibility index (Phi) is 8.20. The predicted octanol–water partition coefficient (Wildman–Crippen LogP) is 7.83. The van der Waals surface area contributed by atoms with E-state index in [1.807, 2.05) is 18.3 Å².